The van der Waals surface area contributed by atoms with Crippen LogP contribution >= 0.6 is 11.8 Å². The molecule has 0 atom stereocenters. The molecule has 0 bridgehead atoms. The number of likely N-dealkylation sites (tertiary alicyclic amines) is 1. The van der Waals surface area contributed by atoms with Gasteiger partial charge in [-0.25, -0.2) is 0 Å². The van der Waals surface area contributed by atoms with Crippen molar-refractivity contribution in [3.05, 3.63) is 28.7 Å². The molecule has 1 aromatic carbocycles. The molecule has 3 rings (SSSR count). The maximum absolute atomic E-state index is 12.3. The summed E-state index contributed by atoms with van der Waals surface area (Å²) in [4.78, 5) is 19.3. The highest BCUT2D eigenvalue weighted by atomic mass is 32.2. The number of methoxy groups -OCH3 is 2. The van der Waals surface area contributed by atoms with Crippen molar-refractivity contribution < 1.29 is 14.3 Å². The third kappa shape index (κ3) is 3.59. The van der Waals surface area contributed by atoms with Crippen molar-refractivity contribution in [1.82, 2.24) is 4.90 Å². The Morgan fingerprint density at radius 1 is 1.25 bits per heavy atom. The number of carbonyl (C=O) groups excluding carboxylic acids is 1. The Bertz CT molecular complexity index is 692. The second-order valence-corrected chi connectivity index (χ2v) is 7.10. The van der Waals surface area contributed by atoms with Crippen LogP contribution < -0.4 is 9.47 Å². The number of amides is 1. The zero-order chi connectivity index (χ0) is 17.1. The molecule has 2 aliphatic heterocycles. The first kappa shape index (κ1) is 16.9. The quantitative estimate of drug-likeness (QED) is 0.785. The molecule has 1 aromatic rings. The standard InChI is InChI=1S/C18H22N2O3S/c1-12-6-8-20(9-7-12)18-19-17(21)16(24-18)11-13-10-14(22-2)4-5-15(13)23-3/h4-5,10-12H,6-9H2,1-3H3/b16-11-. The second-order valence-electron chi connectivity index (χ2n) is 6.09. The van der Waals surface area contributed by atoms with Gasteiger partial charge in [-0.1, -0.05) is 6.92 Å². The van der Waals surface area contributed by atoms with Crippen molar-refractivity contribution in [3.63, 3.8) is 0 Å². The number of nitrogens with zero attached hydrogens (tertiary/aromatic N) is 2. The Hall–Kier alpha value is -1.95. The second kappa shape index (κ2) is 7.30. The third-order valence-electron chi connectivity index (χ3n) is 4.39. The molecule has 1 fully saturated rings. The Morgan fingerprint density at radius 2 is 2.00 bits per heavy atom. The van der Waals surface area contributed by atoms with E-state index in [2.05, 4.69) is 16.8 Å². The van der Waals surface area contributed by atoms with Crippen molar-refractivity contribution in [2.75, 3.05) is 27.3 Å². The molecule has 1 saturated heterocycles. The average molecular weight is 346 g/mol. The van der Waals surface area contributed by atoms with Crippen LogP contribution in [-0.2, 0) is 4.79 Å². The lowest BCUT2D eigenvalue weighted by Gasteiger charge is -2.30. The third-order valence-corrected chi connectivity index (χ3v) is 5.43. The molecule has 0 aliphatic carbocycles. The lowest BCUT2D eigenvalue weighted by Crippen LogP contribution is -2.35. The van der Waals surface area contributed by atoms with Crippen LogP contribution in [0.4, 0.5) is 0 Å². The van der Waals surface area contributed by atoms with E-state index in [0.29, 0.717) is 10.7 Å². The van der Waals surface area contributed by atoms with Gasteiger partial charge < -0.3 is 14.4 Å². The maximum Gasteiger partial charge on any atom is 0.286 e. The molecule has 0 N–H and O–H groups in total. The topological polar surface area (TPSA) is 51.1 Å². The molecule has 24 heavy (non-hydrogen) atoms. The van der Waals surface area contributed by atoms with Crippen LogP contribution in [0.3, 0.4) is 0 Å². The number of carbonyl (C=O) groups is 1. The predicted octanol–water partition coefficient (Wildman–Crippen LogP) is 3.41. The lowest BCUT2D eigenvalue weighted by atomic mass is 10.00. The van der Waals surface area contributed by atoms with Gasteiger partial charge in [-0.05, 0) is 54.8 Å². The van der Waals surface area contributed by atoms with Gasteiger partial charge in [0, 0.05) is 18.7 Å². The maximum atomic E-state index is 12.3. The first-order chi connectivity index (χ1) is 11.6. The summed E-state index contributed by atoms with van der Waals surface area (Å²) in [5.74, 6) is 2.00. The Balaban J connectivity index is 1.79. The van der Waals surface area contributed by atoms with E-state index in [0.717, 1.165) is 48.3 Å². The minimum atomic E-state index is -0.182. The summed E-state index contributed by atoms with van der Waals surface area (Å²) >= 11 is 1.45. The first-order valence-electron chi connectivity index (χ1n) is 8.10. The smallest absolute Gasteiger partial charge is 0.286 e. The highest BCUT2D eigenvalue weighted by Crippen LogP contribution is 2.34. The van der Waals surface area contributed by atoms with Gasteiger partial charge in [0.15, 0.2) is 5.17 Å². The van der Waals surface area contributed by atoms with Crippen molar-refractivity contribution in [2.45, 2.75) is 19.8 Å². The van der Waals surface area contributed by atoms with Crippen molar-refractivity contribution in [2.24, 2.45) is 10.9 Å². The van der Waals surface area contributed by atoms with Gasteiger partial charge in [0.05, 0.1) is 19.1 Å². The van der Waals surface area contributed by atoms with E-state index in [1.54, 1.807) is 14.2 Å². The number of piperidine rings is 1. The van der Waals surface area contributed by atoms with Crippen LogP contribution in [0.5, 0.6) is 11.5 Å². The molecule has 0 unspecified atom stereocenters. The molecule has 0 radical (unpaired) electrons. The molecule has 5 nitrogen and oxygen atoms in total. The number of ether oxygens (including phenoxy) is 2. The summed E-state index contributed by atoms with van der Waals surface area (Å²) in [7, 11) is 3.23. The minimum Gasteiger partial charge on any atom is -0.497 e. The van der Waals surface area contributed by atoms with Crippen LogP contribution in [0.25, 0.3) is 6.08 Å². The largest absolute Gasteiger partial charge is 0.497 e. The van der Waals surface area contributed by atoms with Gasteiger partial charge in [0.25, 0.3) is 5.91 Å². The lowest BCUT2D eigenvalue weighted by molar-refractivity contribution is -0.113. The SMILES string of the molecule is COc1ccc(OC)c(/C=C2\SC(N3CCC(C)CC3)=NC2=O)c1. The zero-order valence-electron chi connectivity index (χ0n) is 14.2. The number of rotatable bonds is 3. The van der Waals surface area contributed by atoms with Gasteiger partial charge in [-0.3, -0.25) is 4.79 Å². The van der Waals surface area contributed by atoms with E-state index < -0.39 is 0 Å². The summed E-state index contributed by atoms with van der Waals surface area (Å²) in [5.41, 5.74) is 0.816. The molecular formula is C18H22N2O3S. The number of thioether (sulfide) groups is 1. The van der Waals surface area contributed by atoms with Crippen LogP contribution in [0, 0.1) is 5.92 Å². The fraction of sp³-hybridized carbons (Fsp3) is 0.444. The van der Waals surface area contributed by atoms with E-state index in [-0.39, 0.29) is 5.91 Å². The highest BCUT2D eigenvalue weighted by Gasteiger charge is 2.28. The molecule has 2 aliphatic rings. The number of benzene rings is 1. The van der Waals surface area contributed by atoms with Crippen molar-refractivity contribution in [3.8, 4) is 11.5 Å². The fourth-order valence-corrected chi connectivity index (χ4v) is 3.78. The van der Waals surface area contributed by atoms with Crippen LogP contribution in [-0.4, -0.2) is 43.3 Å². The number of hydrogen-bond donors (Lipinski definition) is 0. The summed E-state index contributed by atoms with van der Waals surface area (Å²) in [6.45, 7) is 4.21. The van der Waals surface area contributed by atoms with Crippen LogP contribution in [0.2, 0.25) is 0 Å². The molecule has 0 aromatic heterocycles. The van der Waals surface area contributed by atoms with E-state index in [1.165, 1.54) is 11.8 Å². The molecule has 0 saturated carbocycles. The van der Waals surface area contributed by atoms with Crippen molar-refractivity contribution in [1.29, 1.82) is 0 Å². The molecule has 6 heteroatoms. The summed E-state index contributed by atoms with van der Waals surface area (Å²) in [6, 6.07) is 5.53. The Kier molecular flexibility index (Phi) is 5.14. The van der Waals surface area contributed by atoms with Gasteiger partial charge in [0.1, 0.15) is 11.5 Å². The normalized spacial score (nSPS) is 20.5. The summed E-state index contributed by atoms with van der Waals surface area (Å²) in [5, 5.41) is 0.819. The molecule has 128 valence electrons. The predicted molar refractivity (Wildman–Crippen MR) is 97.5 cm³/mol. The number of aliphatic imine (C=N–C) groups is 1. The highest BCUT2D eigenvalue weighted by molar-refractivity contribution is 8.18. The van der Waals surface area contributed by atoms with Gasteiger partial charge >= 0.3 is 0 Å². The van der Waals surface area contributed by atoms with Crippen LogP contribution in [0.15, 0.2) is 28.1 Å². The van der Waals surface area contributed by atoms with E-state index >= 15 is 0 Å². The average Bonchev–Trinajstić information content (AvgIpc) is 2.96. The van der Waals surface area contributed by atoms with Gasteiger partial charge in [0.2, 0.25) is 0 Å². The van der Waals surface area contributed by atoms with Gasteiger partial charge in [-0.2, -0.15) is 4.99 Å². The molecule has 0 spiro atoms. The van der Waals surface area contributed by atoms with E-state index in [9.17, 15) is 4.79 Å². The first-order valence-corrected chi connectivity index (χ1v) is 8.92. The summed E-state index contributed by atoms with van der Waals surface area (Å²) in [6.07, 6.45) is 4.13. The van der Waals surface area contributed by atoms with E-state index in [4.69, 9.17) is 9.47 Å². The van der Waals surface area contributed by atoms with Crippen molar-refractivity contribution >= 4 is 28.9 Å². The Labute approximate surface area is 146 Å². The number of hydrogen-bond acceptors (Lipinski definition) is 5. The van der Waals surface area contributed by atoms with E-state index in [1.807, 2.05) is 24.3 Å². The number of amidine groups is 1. The zero-order valence-corrected chi connectivity index (χ0v) is 15.1. The molecular weight excluding hydrogens is 324 g/mol. The summed E-state index contributed by atoms with van der Waals surface area (Å²) < 4.78 is 10.6. The van der Waals surface area contributed by atoms with Crippen LogP contribution in [0.1, 0.15) is 25.3 Å². The van der Waals surface area contributed by atoms with Gasteiger partial charge in [-0.15, -0.1) is 0 Å². The minimum absolute atomic E-state index is 0.182. The monoisotopic (exact) mass is 346 g/mol. The fourth-order valence-electron chi connectivity index (χ4n) is 2.83. The molecule has 2 heterocycles. The Morgan fingerprint density at radius 3 is 2.67 bits per heavy atom. The molecule has 1 amide bonds.